The molecule has 2 saturated carbocycles. The minimum Gasteiger partial charge on any atom is -0.489 e. The van der Waals surface area contributed by atoms with Crippen molar-refractivity contribution in [2.24, 2.45) is 17.6 Å². The third-order valence-electron chi connectivity index (χ3n) is 6.65. The normalized spacial score (nSPS) is 18.9. The number of alkyl halides is 2. The second-order valence-corrected chi connectivity index (χ2v) is 9.71. The van der Waals surface area contributed by atoms with Crippen molar-refractivity contribution < 1.29 is 32.3 Å². The van der Waals surface area contributed by atoms with Crippen LogP contribution in [0.2, 0.25) is 0 Å². The molecule has 0 spiro atoms. The van der Waals surface area contributed by atoms with Crippen LogP contribution in [0.15, 0.2) is 22.6 Å². The molecule has 1 aromatic heterocycles. The Bertz CT molecular complexity index is 1120. The smallest absolute Gasteiger partial charge is 0.387 e. The molecule has 5 rings (SSSR count). The molecule has 1 aromatic carbocycles. The SMILES string of the molecule is C[C@H](N)c1oc(-c2ccc(OC(F)F)c(OCC3CC3)c2)nc1C(=O)N1CCN(C(=O)C2CC2)CC1. The third kappa shape index (κ3) is 5.45. The van der Waals surface area contributed by atoms with Crippen molar-refractivity contribution >= 4 is 11.8 Å². The molecular formula is C25H30F2N4O5. The Morgan fingerprint density at radius 2 is 1.81 bits per heavy atom. The van der Waals surface area contributed by atoms with Gasteiger partial charge in [0.25, 0.3) is 5.91 Å². The minimum atomic E-state index is -2.99. The quantitative estimate of drug-likeness (QED) is 0.557. The van der Waals surface area contributed by atoms with Crippen molar-refractivity contribution in [3.8, 4) is 23.0 Å². The molecule has 0 radical (unpaired) electrons. The summed E-state index contributed by atoms with van der Waals surface area (Å²) in [6, 6.07) is 3.81. The molecule has 2 heterocycles. The summed E-state index contributed by atoms with van der Waals surface area (Å²) in [6.07, 6.45) is 3.97. The second kappa shape index (κ2) is 10.0. The molecule has 194 valence electrons. The molecule has 2 aliphatic carbocycles. The number of oxazole rings is 1. The first-order chi connectivity index (χ1) is 17.3. The number of halogens is 2. The maximum Gasteiger partial charge on any atom is 0.387 e. The van der Waals surface area contributed by atoms with E-state index in [1.807, 2.05) is 4.90 Å². The molecule has 2 amide bonds. The van der Waals surface area contributed by atoms with Gasteiger partial charge in [0, 0.05) is 37.7 Å². The van der Waals surface area contributed by atoms with E-state index in [1.165, 1.54) is 18.2 Å². The number of hydrogen-bond acceptors (Lipinski definition) is 7. The molecule has 0 bridgehead atoms. The fourth-order valence-corrected chi connectivity index (χ4v) is 4.22. The lowest BCUT2D eigenvalue weighted by atomic mass is 10.2. The molecule has 1 atom stereocenters. The van der Waals surface area contributed by atoms with Gasteiger partial charge in [-0.05, 0) is 56.7 Å². The number of hydrogen-bond donors (Lipinski definition) is 1. The number of carbonyl (C=O) groups is 2. The molecule has 11 heteroatoms. The molecule has 9 nitrogen and oxygen atoms in total. The number of nitrogens with zero attached hydrogens (tertiary/aromatic N) is 3. The number of rotatable bonds is 9. The summed E-state index contributed by atoms with van der Waals surface area (Å²) in [5.41, 5.74) is 6.64. The highest BCUT2D eigenvalue weighted by Crippen LogP contribution is 2.37. The summed E-state index contributed by atoms with van der Waals surface area (Å²) in [5, 5.41) is 0. The number of carbonyl (C=O) groups excluding carboxylic acids is 2. The zero-order valence-corrected chi connectivity index (χ0v) is 20.1. The molecule has 1 aliphatic heterocycles. The maximum atomic E-state index is 13.3. The summed E-state index contributed by atoms with van der Waals surface area (Å²) < 4.78 is 42.0. The molecular weight excluding hydrogens is 474 g/mol. The van der Waals surface area contributed by atoms with Crippen LogP contribution in [0.3, 0.4) is 0 Å². The Hall–Kier alpha value is -3.21. The fraction of sp³-hybridized carbons (Fsp3) is 0.560. The van der Waals surface area contributed by atoms with Crippen molar-refractivity contribution in [2.75, 3.05) is 32.8 Å². The van der Waals surface area contributed by atoms with E-state index in [4.69, 9.17) is 14.9 Å². The van der Waals surface area contributed by atoms with Crippen LogP contribution < -0.4 is 15.2 Å². The average molecular weight is 505 g/mol. The highest BCUT2D eigenvalue weighted by Gasteiger charge is 2.36. The molecule has 2 aromatic rings. The average Bonchev–Trinajstić information content (AvgIpc) is 3.80. The van der Waals surface area contributed by atoms with E-state index in [9.17, 15) is 18.4 Å². The van der Waals surface area contributed by atoms with Crippen molar-refractivity contribution in [1.82, 2.24) is 14.8 Å². The van der Waals surface area contributed by atoms with Crippen LogP contribution >= 0.6 is 0 Å². The van der Waals surface area contributed by atoms with Crippen molar-refractivity contribution in [1.29, 1.82) is 0 Å². The van der Waals surface area contributed by atoms with Gasteiger partial charge in [-0.1, -0.05) is 0 Å². The van der Waals surface area contributed by atoms with Gasteiger partial charge in [0.05, 0.1) is 12.6 Å². The van der Waals surface area contributed by atoms with Gasteiger partial charge < -0.3 is 29.4 Å². The van der Waals surface area contributed by atoms with Gasteiger partial charge in [0.1, 0.15) is 0 Å². The standard InChI is InChI=1S/C25H30F2N4O5/c1-14(28)21-20(24(33)31-10-8-30(9-11-31)23(32)16-4-5-16)29-22(36-21)17-6-7-18(35-25(26)27)19(12-17)34-13-15-2-3-15/h6-7,12,14-16,25H,2-5,8-11,13,28H2,1H3/t14-/m0/s1. The zero-order chi connectivity index (χ0) is 25.4. The maximum absolute atomic E-state index is 13.3. The first-order valence-electron chi connectivity index (χ1n) is 12.4. The summed E-state index contributed by atoms with van der Waals surface area (Å²) in [4.78, 5) is 33.6. The van der Waals surface area contributed by atoms with E-state index in [0.29, 0.717) is 44.3 Å². The van der Waals surface area contributed by atoms with E-state index in [2.05, 4.69) is 9.72 Å². The molecule has 3 aliphatic rings. The summed E-state index contributed by atoms with van der Waals surface area (Å²) in [5.74, 6) is 0.843. The highest BCUT2D eigenvalue weighted by atomic mass is 19.3. The van der Waals surface area contributed by atoms with Gasteiger partial charge >= 0.3 is 6.61 Å². The van der Waals surface area contributed by atoms with E-state index in [0.717, 1.165) is 25.7 Å². The first kappa shape index (κ1) is 24.5. The number of nitrogens with two attached hydrogens (primary N) is 1. The third-order valence-corrected chi connectivity index (χ3v) is 6.65. The fourth-order valence-electron chi connectivity index (χ4n) is 4.22. The molecule has 3 fully saturated rings. The molecule has 1 saturated heterocycles. The largest absolute Gasteiger partial charge is 0.489 e. The van der Waals surface area contributed by atoms with Crippen LogP contribution in [-0.2, 0) is 4.79 Å². The first-order valence-corrected chi connectivity index (χ1v) is 12.4. The Kier molecular flexibility index (Phi) is 6.83. The Morgan fingerprint density at radius 3 is 2.42 bits per heavy atom. The van der Waals surface area contributed by atoms with Gasteiger partial charge in [0.15, 0.2) is 23.0 Å². The van der Waals surface area contributed by atoms with E-state index >= 15 is 0 Å². The van der Waals surface area contributed by atoms with Crippen LogP contribution in [0.1, 0.15) is 54.9 Å². The van der Waals surface area contributed by atoms with Crippen LogP contribution in [0.5, 0.6) is 11.5 Å². The summed E-state index contributed by atoms with van der Waals surface area (Å²) in [6.45, 7) is 0.859. The molecule has 0 unspecified atom stereocenters. The summed E-state index contributed by atoms with van der Waals surface area (Å²) >= 11 is 0. The van der Waals surface area contributed by atoms with Crippen LogP contribution in [0.4, 0.5) is 8.78 Å². The van der Waals surface area contributed by atoms with Crippen LogP contribution in [-0.4, -0.2) is 66.0 Å². The molecule has 2 N–H and O–H groups in total. The van der Waals surface area contributed by atoms with Crippen molar-refractivity contribution in [3.63, 3.8) is 0 Å². The van der Waals surface area contributed by atoms with Crippen molar-refractivity contribution in [3.05, 3.63) is 29.7 Å². The predicted octanol–water partition coefficient (Wildman–Crippen LogP) is 3.45. The van der Waals surface area contributed by atoms with Gasteiger partial charge in [-0.3, -0.25) is 9.59 Å². The lowest BCUT2D eigenvalue weighted by molar-refractivity contribution is -0.134. The van der Waals surface area contributed by atoms with Gasteiger partial charge in [-0.2, -0.15) is 8.78 Å². The van der Waals surface area contributed by atoms with Gasteiger partial charge in [-0.25, -0.2) is 4.98 Å². The minimum absolute atomic E-state index is 0.0803. The number of amides is 2. The topological polar surface area (TPSA) is 111 Å². The number of aromatic nitrogens is 1. The number of benzene rings is 1. The number of ether oxygens (including phenoxy) is 2. The Morgan fingerprint density at radius 1 is 1.11 bits per heavy atom. The lowest BCUT2D eigenvalue weighted by Gasteiger charge is -2.34. The predicted molar refractivity (Wildman–Crippen MR) is 125 cm³/mol. The number of piperazine rings is 1. The summed E-state index contributed by atoms with van der Waals surface area (Å²) in [7, 11) is 0. The molecule has 36 heavy (non-hydrogen) atoms. The Labute approximate surface area is 207 Å². The van der Waals surface area contributed by atoms with E-state index < -0.39 is 12.7 Å². The second-order valence-electron chi connectivity index (χ2n) is 9.71. The van der Waals surface area contributed by atoms with Gasteiger partial charge in [0.2, 0.25) is 11.8 Å². The monoisotopic (exact) mass is 504 g/mol. The van der Waals surface area contributed by atoms with Crippen LogP contribution in [0.25, 0.3) is 11.5 Å². The van der Waals surface area contributed by atoms with Crippen LogP contribution in [0, 0.1) is 11.8 Å². The van der Waals surface area contributed by atoms with Gasteiger partial charge in [-0.15, -0.1) is 0 Å². The zero-order valence-electron chi connectivity index (χ0n) is 20.1. The van der Waals surface area contributed by atoms with E-state index in [-0.39, 0.29) is 46.6 Å². The lowest BCUT2D eigenvalue weighted by Crippen LogP contribution is -2.51. The highest BCUT2D eigenvalue weighted by molar-refractivity contribution is 5.94. The Balaban J connectivity index is 1.35. The van der Waals surface area contributed by atoms with Crippen molar-refractivity contribution in [2.45, 2.75) is 45.3 Å². The van der Waals surface area contributed by atoms with E-state index in [1.54, 1.807) is 11.8 Å².